The molecule has 1 heterocycles. The van der Waals surface area contributed by atoms with E-state index in [1.165, 1.54) is 11.3 Å². The highest BCUT2D eigenvalue weighted by Gasteiger charge is 2.06. The maximum absolute atomic E-state index is 11.6. The van der Waals surface area contributed by atoms with Crippen LogP contribution in [0.25, 0.3) is 0 Å². The number of nitriles is 1. The Labute approximate surface area is 116 Å². The highest BCUT2D eigenvalue weighted by Crippen LogP contribution is 2.23. The van der Waals surface area contributed by atoms with Crippen molar-refractivity contribution in [1.82, 2.24) is 4.98 Å². The minimum atomic E-state index is -0.396. The Kier molecular flexibility index (Phi) is 3.92. The van der Waals surface area contributed by atoms with Crippen molar-refractivity contribution >= 4 is 44.1 Å². The molecule has 2 N–H and O–H groups in total. The van der Waals surface area contributed by atoms with Gasteiger partial charge in [0, 0.05) is 5.69 Å². The van der Waals surface area contributed by atoms with Crippen molar-refractivity contribution in [2.45, 2.75) is 0 Å². The number of nitrogens with one attached hydrogen (secondary N) is 2. The maximum Gasteiger partial charge on any atom is 0.325 e. The molecule has 0 radical (unpaired) electrons. The van der Waals surface area contributed by atoms with Gasteiger partial charge in [-0.3, -0.25) is 5.32 Å². The van der Waals surface area contributed by atoms with Crippen LogP contribution in [0.4, 0.5) is 15.6 Å². The Balaban J connectivity index is 2.01. The van der Waals surface area contributed by atoms with Crippen molar-refractivity contribution in [1.29, 1.82) is 5.26 Å². The van der Waals surface area contributed by atoms with Crippen LogP contribution in [-0.2, 0) is 0 Å². The molecule has 1 aromatic heterocycles. The fraction of sp³-hybridized carbons (Fsp3) is 0. The van der Waals surface area contributed by atoms with Gasteiger partial charge >= 0.3 is 6.03 Å². The van der Waals surface area contributed by atoms with Gasteiger partial charge in [0.25, 0.3) is 0 Å². The second-order valence-electron chi connectivity index (χ2n) is 3.24. The Hall–Kier alpha value is -1.91. The number of anilines is 2. The summed E-state index contributed by atoms with van der Waals surface area (Å²) in [5.41, 5.74) is 1.05. The highest BCUT2D eigenvalue weighted by molar-refractivity contribution is 9.11. The number of hydrogen-bond donors (Lipinski definition) is 2. The van der Waals surface area contributed by atoms with Crippen LogP contribution in [0.1, 0.15) is 5.56 Å². The van der Waals surface area contributed by atoms with E-state index < -0.39 is 6.03 Å². The molecule has 0 unspecified atom stereocenters. The molecule has 0 spiro atoms. The van der Waals surface area contributed by atoms with Crippen molar-refractivity contribution < 1.29 is 4.79 Å². The maximum atomic E-state index is 11.6. The molecule has 2 aromatic rings. The van der Waals surface area contributed by atoms with Crippen LogP contribution in [0, 0.1) is 11.3 Å². The highest BCUT2D eigenvalue weighted by atomic mass is 79.9. The van der Waals surface area contributed by atoms with Gasteiger partial charge in [-0.25, -0.2) is 9.78 Å². The van der Waals surface area contributed by atoms with Crippen LogP contribution in [0.5, 0.6) is 0 Å². The average Bonchev–Trinajstić information content (AvgIpc) is 2.74. The molecule has 2 amide bonds. The van der Waals surface area contributed by atoms with Crippen LogP contribution in [-0.4, -0.2) is 11.0 Å². The summed E-state index contributed by atoms with van der Waals surface area (Å²) in [6.07, 6.45) is 1.61. The molecular formula is C11H7BrN4OS. The molecule has 0 aliphatic carbocycles. The number of rotatable bonds is 2. The number of aromatic nitrogens is 1. The summed E-state index contributed by atoms with van der Waals surface area (Å²) < 4.78 is 0.837. The van der Waals surface area contributed by atoms with Gasteiger partial charge in [0.2, 0.25) is 0 Å². The first kappa shape index (κ1) is 12.5. The lowest BCUT2D eigenvalue weighted by Gasteiger charge is -2.05. The summed E-state index contributed by atoms with van der Waals surface area (Å²) in [6, 6.07) is 8.28. The van der Waals surface area contributed by atoms with Gasteiger partial charge in [0.1, 0.15) is 0 Å². The number of benzene rings is 1. The van der Waals surface area contributed by atoms with E-state index in [0.29, 0.717) is 16.4 Å². The number of nitrogens with zero attached hydrogens (tertiary/aromatic N) is 2. The van der Waals surface area contributed by atoms with Gasteiger partial charge in [0.05, 0.1) is 21.6 Å². The first-order chi connectivity index (χ1) is 8.67. The van der Waals surface area contributed by atoms with E-state index in [0.717, 1.165) is 3.79 Å². The SMILES string of the molecule is N#Cc1cccc(NC(=O)Nc2ncc(Br)s2)c1. The molecule has 0 atom stereocenters. The summed E-state index contributed by atoms with van der Waals surface area (Å²) >= 11 is 4.57. The van der Waals surface area contributed by atoms with Gasteiger partial charge in [0.15, 0.2) is 5.13 Å². The summed E-state index contributed by atoms with van der Waals surface area (Å²) in [5, 5.41) is 14.5. The molecule has 0 aliphatic heterocycles. The van der Waals surface area contributed by atoms with Crippen molar-refractivity contribution in [2.75, 3.05) is 10.6 Å². The van der Waals surface area contributed by atoms with E-state index in [1.807, 2.05) is 6.07 Å². The molecule has 0 bridgehead atoms. The van der Waals surface area contributed by atoms with Gasteiger partial charge in [-0.1, -0.05) is 17.4 Å². The second-order valence-corrected chi connectivity index (χ2v) is 5.65. The van der Waals surface area contributed by atoms with E-state index in [1.54, 1.807) is 30.5 Å². The quantitative estimate of drug-likeness (QED) is 0.889. The van der Waals surface area contributed by atoms with Crippen molar-refractivity contribution in [3.63, 3.8) is 0 Å². The molecule has 90 valence electrons. The number of carbonyl (C=O) groups is 1. The minimum Gasteiger partial charge on any atom is -0.308 e. The molecule has 0 fully saturated rings. The summed E-state index contributed by atoms with van der Waals surface area (Å²) in [4.78, 5) is 15.6. The van der Waals surface area contributed by atoms with Crippen molar-refractivity contribution in [2.24, 2.45) is 0 Å². The molecule has 0 aliphatic rings. The number of thiazole rings is 1. The summed E-state index contributed by atoms with van der Waals surface area (Å²) in [5.74, 6) is 0. The Morgan fingerprint density at radius 2 is 2.28 bits per heavy atom. The summed E-state index contributed by atoms with van der Waals surface area (Å²) in [7, 11) is 0. The van der Waals surface area contributed by atoms with Gasteiger partial charge in [-0.15, -0.1) is 0 Å². The lowest BCUT2D eigenvalue weighted by Crippen LogP contribution is -2.19. The lowest BCUT2D eigenvalue weighted by atomic mass is 10.2. The summed E-state index contributed by atoms with van der Waals surface area (Å²) in [6.45, 7) is 0. The van der Waals surface area contributed by atoms with E-state index in [9.17, 15) is 4.79 Å². The molecule has 18 heavy (non-hydrogen) atoms. The third-order valence-corrected chi connectivity index (χ3v) is 3.34. The molecule has 5 nitrogen and oxygen atoms in total. The van der Waals surface area contributed by atoms with Crippen LogP contribution in [0.2, 0.25) is 0 Å². The topological polar surface area (TPSA) is 77.8 Å². The molecule has 7 heteroatoms. The molecular weight excluding hydrogens is 316 g/mol. The molecule has 2 rings (SSSR count). The van der Waals surface area contributed by atoms with Gasteiger partial charge in [-0.05, 0) is 34.1 Å². The minimum absolute atomic E-state index is 0.396. The van der Waals surface area contributed by atoms with Crippen LogP contribution < -0.4 is 10.6 Å². The Bertz CT molecular complexity index is 620. The van der Waals surface area contributed by atoms with E-state index >= 15 is 0 Å². The second kappa shape index (κ2) is 5.62. The zero-order valence-corrected chi connectivity index (χ0v) is 11.4. The third-order valence-electron chi connectivity index (χ3n) is 1.95. The predicted octanol–water partition coefficient (Wildman–Crippen LogP) is 3.42. The Morgan fingerprint density at radius 3 is 2.94 bits per heavy atom. The fourth-order valence-electron chi connectivity index (χ4n) is 1.24. The molecule has 1 aromatic carbocycles. The van der Waals surface area contributed by atoms with Crippen LogP contribution >= 0.6 is 27.3 Å². The Morgan fingerprint density at radius 1 is 1.44 bits per heavy atom. The number of halogens is 1. The third kappa shape index (κ3) is 3.29. The number of carbonyl (C=O) groups excluding carboxylic acids is 1. The van der Waals surface area contributed by atoms with E-state index in [4.69, 9.17) is 5.26 Å². The van der Waals surface area contributed by atoms with Crippen molar-refractivity contribution in [3.8, 4) is 6.07 Å². The van der Waals surface area contributed by atoms with Crippen molar-refractivity contribution in [3.05, 3.63) is 39.8 Å². The average molecular weight is 323 g/mol. The standard InChI is InChI=1S/C11H7BrN4OS/c12-9-6-14-11(18-9)16-10(17)15-8-3-1-2-7(4-8)5-13/h1-4,6H,(H2,14,15,16,17). The number of amides is 2. The van der Waals surface area contributed by atoms with Crippen LogP contribution in [0.3, 0.4) is 0 Å². The largest absolute Gasteiger partial charge is 0.325 e. The lowest BCUT2D eigenvalue weighted by molar-refractivity contribution is 0.262. The number of hydrogen-bond acceptors (Lipinski definition) is 4. The predicted molar refractivity (Wildman–Crippen MR) is 73.6 cm³/mol. The number of urea groups is 1. The zero-order valence-electron chi connectivity index (χ0n) is 8.98. The van der Waals surface area contributed by atoms with Crippen LogP contribution in [0.15, 0.2) is 34.2 Å². The normalized spacial score (nSPS) is 9.56. The first-order valence-electron chi connectivity index (χ1n) is 4.87. The van der Waals surface area contributed by atoms with Gasteiger partial charge in [-0.2, -0.15) is 5.26 Å². The first-order valence-corrected chi connectivity index (χ1v) is 6.48. The van der Waals surface area contributed by atoms with E-state index in [2.05, 4.69) is 31.5 Å². The molecule has 0 saturated carbocycles. The fourth-order valence-corrected chi connectivity index (χ4v) is 2.34. The van der Waals surface area contributed by atoms with Gasteiger partial charge < -0.3 is 5.32 Å². The molecule has 0 saturated heterocycles. The van der Waals surface area contributed by atoms with E-state index in [-0.39, 0.29) is 0 Å². The smallest absolute Gasteiger partial charge is 0.308 e. The zero-order chi connectivity index (χ0) is 13.0. The monoisotopic (exact) mass is 322 g/mol.